The predicted octanol–water partition coefficient (Wildman–Crippen LogP) is 4.49. The summed E-state index contributed by atoms with van der Waals surface area (Å²) in [6.07, 6.45) is 2.84. The van der Waals surface area contributed by atoms with Crippen molar-refractivity contribution in [1.29, 1.82) is 0 Å². The maximum Gasteiger partial charge on any atom is 0.318 e. The molecule has 6 rings (SSSR count). The summed E-state index contributed by atoms with van der Waals surface area (Å²) in [4.78, 5) is 40.1. The molecule has 12 heteroatoms. The quantitative estimate of drug-likeness (QED) is 0.288. The Kier molecular flexibility index (Phi) is 5.89. The van der Waals surface area contributed by atoms with Gasteiger partial charge in [-0.2, -0.15) is 0 Å². The van der Waals surface area contributed by atoms with Crippen LogP contribution >= 0.6 is 22.9 Å². The largest absolute Gasteiger partial charge is 0.497 e. The van der Waals surface area contributed by atoms with Crippen LogP contribution in [-0.4, -0.2) is 19.5 Å². The standard InChI is InChI=1S/C27H17ClN4O6S/c28-17-8-5-16(6-9-17)24-19-10-7-15-3-1-2-4-18(15)23(19)29-27-30(24)26(34)22(39-27)13-14-11-20(31(35)36)25(33)21(12-14)32(37)38/h1-6,8-9,11-13,24,33H,7,10H2/b22-13-. The van der Waals surface area contributed by atoms with Crippen LogP contribution in [0.4, 0.5) is 11.4 Å². The minimum atomic E-state index is -1.04. The van der Waals surface area contributed by atoms with Gasteiger partial charge in [0, 0.05) is 22.7 Å². The van der Waals surface area contributed by atoms with Gasteiger partial charge in [-0.3, -0.25) is 29.6 Å². The number of phenolic OH excluding ortho intramolecular Hbond substituents is 1. The van der Waals surface area contributed by atoms with Gasteiger partial charge in [-0.05, 0) is 53.3 Å². The van der Waals surface area contributed by atoms with Gasteiger partial charge in [-0.25, -0.2) is 4.99 Å². The molecule has 0 fully saturated rings. The minimum Gasteiger partial charge on any atom is -0.497 e. The van der Waals surface area contributed by atoms with Crippen LogP contribution in [0.1, 0.15) is 34.7 Å². The Bertz CT molecular complexity index is 1890. The first kappa shape index (κ1) is 24.7. The molecule has 0 saturated carbocycles. The van der Waals surface area contributed by atoms with E-state index in [1.807, 2.05) is 30.3 Å². The fourth-order valence-electron chi connectivity index (χ4n) is 5.11. The highest BCUT2D eigenvalue weighted by molar-refractivity contribution is 7.07. The molecule has 10 nitrogen and oxygen atoms in total. The van der Waals surface area contributed by atoms with E-state index in [0.29, 0.717) is 16.2 Å². The molecular weight excluding hydrogens is 544 g/mol. The van der Waals surface area contributed by atoms with Gasteiger partial charge >= 0.3 is 11.4 Å². The number of phenols is 1. The van der Waals surface area contributed by atoms with Gasteiger partial charge in [-0.15, -0.1) is 0 Å². The molecule has 1 atom stereocenters. The molecule has 1 unspecified atom stereocenters. The summed E-state index contributed by atoms with van der Waals surface area (Å²) in [7, 11) is 0. The molecule has 0 amide bonds. The van der Waals surface area contributed by atoms with Crippen LogP contribution in [0.5, 0.6) is 5.75 Å². The predicted molar refractivity (Wildman–Crippen MR) is 146 cm³/mol. The molecule has 1 aliphatic heterocycles. The number of nitrogens with zero attached hydrogens (tertiary/aromatic N) is 4. The maximum atomic E-state index is 13.8. The van der Waals surface area contributed by atoms with Crippen molar-refractivity contribution >= 4 is 46.1 Å². The molecule has 0 bridgehead atoms. The number of rotatable bonds is 4. The molecule has 1 N–H and O–H groups in total. The lowest BCUT2D eigenvalue weighted by Gasteiger charge is -2.30. The lowest BCUT2D eigenvalue weighted by Crippen LogP contribution is -2.38. The Morgan fingerprint density at radius 1 is 1.03 bits per heavy atom. The van der Waals surface area contributed by atoms with Crippen molar-refractivity contribution < 1.29 is 15.0 Å². The second kappa shape index (κ2) is 9.29. The molecule has 3 aromatic carbocycles. The molecule has 4 aromatic rings. The van der Waals surface area contributed by atoms with E-state index in [2.05, 4.69) is 6.07 Å². The smallest absolute Gasteiger partial charge is 0.318 e. The van der Waals surface area contributed by atoms with Crippen molar-refractivity contribution in [3.8, 4) is 5.75 Å². The number of allylic oxidation sites excluding steroid dienone is 1. The summed E-state index contributed by atoms with van der Waals surface area (Å²) < 4.78 is 1.78. The molecule has 1 aliphatic carbocycles. The van der Waals surface area contributed by atoms with E-state index in [-0.39, 0.29) is 15.7 Å². The normalized spacial score (nSPS) is 16.2. The van der Waals surface area contributed by atoms with Crippen LogP contribution in [0.15, 0.2) is 76.0 Å². The van der Waals surface area contributed by atoms with Crippen LogP contribution in [0.25, 0.3) is 11.8 Å². The first-order valence-corrected chi connectivity index (χ1v) is 13.0. The second-order valence-electron chi connectivity index (χ2n) is 9.09. The SMILES string of the molecule is O=c1/c(=C/c2cc([N+](=O)[O-])c(O)c([N+](=O)[O-])c2)sc2n1C(c1ccc(Cl)cc1)C1=C(N=2)c2ccccc2CC1. The zero-order chi connectivity index (χ0) is 27.4. The van der Waals surface area contributed by atoms with Gasteiger partial charge in [0.15, 0.2) is 4.80 Å². The van der Waals surface area contributed by atoms with Crippen molar-refractivity contribution in [3.63, 3.8) is 0 Å². The Morgan fingerprint density at radius 3 is 2.36 bits per heavy atom. The molecule has 1 aromatic heterocycles. The molecular formula is C27H17ClN4O6S. The van der Waals surface area contributed by atoms with Crippen LogP contribution in [0.3, 0.4) is 0 Å². The monoisotopic (exact) mass is 560 g/mol. The van der Waals surface area contributed by atoms with E-state index in [4.69, 9.17) is 16.6 Å². The van der Waals surface area contributed by atoms with Gasteiger partial charge in [0.05, 0.1) is 26.1 Å². The Morgan fingerprint density at radius 2 is 1.69 bits per heavy atom. The first-order valence-electron chi connectivity index (χ1n) is 11.8. The van der Waals surface area contributed by atoms with Gasteiger partial charge in [0.2, 0.25) is 0 Å². The number of fused-ring (bicyclic) bond motifs is 3. The molecule has 0 radical (unpaired) electrons. The summed E-state index contributed by atoms with van der Waals surface area (Å²) in [5.74, 6) is -1.04. The number of hydrogen-bond acceptors (Lipinski definition) is 8. The van der Waals surface area contributed by atoms with E-state index in [0.717, 1.165) is 57.9 Å². The number of aryl methyl sites for hydroxylation is 1. The summed E-state index contributed by atoms with van der Waals surface area (Å²) in [5, 5.41) is 33.4. The number of nitro benzene ring substituents is 2. The third kappa shape index (κ3) is 4.12. The zero-order valence-corrected chi connectivity index (χ0v) is 21.5. The average Bonchev–Trinajstić information content (AvgIpc) is 3.22. The zero-order valence-electron chi connectivity index (χ0n) is 19.9. The van der Waals surface area contributed by atoms with Crippen LogP contribution in [0.2, 0.25) is 5.02 Å². The lowest BCUT2D eigenvalue weighted by atomic mass is 9.83. The summed E-state index contributed by atoms with van der Waals surface area (Å²) in [6, 6.07) is 16.8. The third-order valence-electron chi connectivity index (χ3n) is 6.84. The molecule has 0 spiro atoms. The highest BCUT2D eigenvalue weighted by atomic mass is 35.5. The van der Waals surface area contributed by atoms with Crippen LogP contribution < -0.4 is 14.9 Å². The van der Waals surface area contributed by atoms with Gasteiger partial charge in [0.1, 0.15) is 0 Å². The highest BCUT2D eigenvalue weighted by Crippen LogP contribution is 2.41. The van der Waals surface area contributed by atoms with Gasteiger partial charge < -0.3 is 5.11 Å². The number of aromatic hydroxyl groups is 1. The molecule has 0 saturated heterocycles. The number of nitro groups is 2. The molecule has 39 heavy (non-hydrogen) atoms. The van der Waals surface area contributed by atoms with E-state index >= 15 is 0 Å². The van der Waals surface area contributed by atoms with E-state index in [1.54, 1.807) is 16.7 Å². The molecule has 194 valence electrons. The average molecular weight is 561 g/mol. The summed E-state index contributed by atoms with van der Waals surface area (Å²) in [5.41, 5.74) is 2.81. The van der Waals surface area contributed by atoms with Crippen molar-refractivity contribution in [2.24, 2.45) is 4.99 Å². The fraction of sp³-hybridized carbons (Fsp3) is 0.111. The molecule has 2 heterocycles. The first-order chi connectivity index (χ1) is 18.7. The lowest BCUT2D eigenvalue weighted by molar-refractivity contribution is -0.396. The topological polar surface area (TPSA) is 141 Å². The van der Waals surface area contributed by atoms with Crippen molar-refractivity contribution in [2.45, 2.75) is 18.9 Å². The number of halogens is 1. The summed E-state index contributed by atoms with van der Waals surface area (Å²) >= 11 is 7.23. The number of benzene rings is 3. The fourth-order valence-corrected chi connectivity index (χ4v) is 6.23. The highest BCUT2D eigenvalue weighted by Gasteiger charge is 2.33. The molecule has 2 aliphatic rings. The van der Waals surface area contributed by atoms with Gasteiger partial charge in [-0.1, -0.05) is 59.3 Å². The van der Waals surface area contributed by atoms with Gasteiger partial charge in [0.25, 0.3) is 11.3 Å². The van der Waals surface area contributed by atoms with E-state index < -0.39 is 33.0 Å². The summed E-state index contributed by atoms with van der Waals surface area (Å²) in [6.45, 7) is 0. The van der Waals surface area contributed by atoms with Crippen LogP contribution in [0, 0.1) is 20.2 Å². The van der Waals surface area contributed by atoms with Crippen molar-refractivity contribution in [2.75, 3.05) is 0 Å². The van der Waals surface area contributed by atoms with E-state index in [1.165, 1.54) is 6.08 Å². The van der Waals surface area contributed by atoms with Crippen LogP contribution in [-0.2, 0) is 6.42 Å². The Hall–Kier alpha value is -4.61. The Labute approximate surface area is 228 Å². The number of aromatic nitrogens is 1. The number of hydrogen-bond donors (Lipinski definition) is 1. The van der Waals surface area contributed by atoms with Crippen molar-refractivity contribution in [1.82, 2.24) is 4.57 Å². The minimum absolute atomic E-state index is 0.0357. The van der Waals surface area contributed by atoms with E-state index in [9.17, 15) is 30.1 Å². The maximum absolute atomic E-state index is 13.8. The number of thiazole rings is 1. The second-order valence-corrected chi connectivity index (χ2v) is 10.5. The Balaban J connectivity index is 1.61. The van der Waals surface area contributed by atoms with Crippen molar-refractivity contribution in [3.05, 3.63) is 133 Å². The third-order valence-corrected chi connectivity index (χ3v) is 8.08.